The van der Waals surface area contributed by atoms with Gasteiger partial charge in [0.25, 0.3) is 0 Å². The highest BCUT2D eigenvalue weighted by molar-refractivity contribution is 7.96. The molecular formula is C16H36S2+2. The molecule has 2 unspecified atom stereocenters. The van der Waals surface area contributed by atoms with Crippen LogP contribution in [0.3, 0.4) is 0 Å². The topological polar surface area (TPSA) is 0 Å². The van der Waals surface area contributed by atoms with Crippen LogP contribution in [0.5, 0.6) is 0 Å². The summed E-state index contributed by atoms with van der Waals surface area (Å²) in [6, 6.07) is 0. The zero-order valence-electron chi connectivity index (χ0n) is 13.3. The molecule has 0 saturated heterocycles. The fraction of sp³-hybridized carbons (Fsp3) is 1.00. The van der Waals surface area contributed by atoms with E-state index < -0.39 is 0 Å². The van der Waals surface area contributed by atoms with E-state index in [4.69, 9.17) is 0 Å². The average molecular weight is 293 g/mol. The Bertz CT molecular complexity index is 141. The monoisotopic (exact) mass is 292 g/mol. The summed E-state index contributed by atoms with van der Waals surface area (Å²) in [7, 11) is 1.41. The van der Waals surface area contributed by atoms with Gasteiger partial charge in [-0.1, -0.05) is 25.7 Å². The highest BCUT2D eigenvalue weighted by Crippen LogP contribution is 2.10. The molecule has 0 N–H and O–H groups in total. The molecule has 2 heteroatoms. The molecule has 110 valence electrons. The Morgan fingerprint density at radius 3 is 1.06 bits per heavy atom. The fourth-order valence-electron chi connectivity index (χ4n) is 2.05. The van der Waals surface area contributed by atoms with Crippen LogP contribution in [-0.2, 0) is 21.8 Å². The predicted molar refractivity (Wildman–Crippen MR) is 94.3 cm³/mol. The molecular weight excluding hydrogens is 256 g/mol. The number of hydrogen-bond donors (Lipinski definition) is 0. The Labute approximate surface area is 122 Å². The second kappa shape index (κ2) is 14.1. The summed E-state index contributed by atoms with van der Waals surface area (Å²) in [5.74, 6) is 5.73. The summed E-state index contributed by atoms with van der Waals surface area (Å²) in [4.78, 5) is 0. The van der Waals surface area contributed by atoms with Crippen LogP contribution in [0.25, 0.3) is 0 Å². The van der Waals surface area contributed by atoms with Gasteiger partial charge in [-0.2, -0.15) is 0 Å². The lowest BCUT2D eigenvalue weighted by molar-refractivity contribution is 0.587. The van der Waals surface area contributed by atoms with Gasteiger partial charge >= 0.3 is 0 Å². The Kier molecular flexibility index (Phi) is 14.7. The maximum atomic E-state index is 2.41. The lowest BCUT2D eigenvalue weighted by Gasteiger charge is -2.03. The van der Waals surface area contributed by atoms with Crippen LogP contribution in [0, 0.1) is 0 Å². The molecule has 0 aromatic rings. The van der Waals surface area contributed by atoms with E-state index in [9.17, 15) is 0 Å². The maximum Gasteiger partial charge on any atom is 0.107 e. The van der Waals surface area contributed by atoms with Crippen molar-refractivity contribution in [2.45, 2.75) is 65.2 Å². The molecule has 2 atom stereocenters. The molecule has 0 fully saturated rings. The lowest BCUT2D eigenvalue weighted by Crippen LogP contribution is -2.07. The van der Waals surface area contributed by atoms with Gasteiger partial charge in [0.2, 0.25) is 0 Å². The van der Waals surface area contributed by atoms with Crippen molar-refractivity contribution in [3.63, 3.8) is 0 Å². The van der Waals surface area contributed by atoms with E-state index in [0.717, 1.165) is 0 Å². The van der Waals surface area contributed by atoms with Crippen molar-refractivity contribution < 1.29 is 0 Å². The van der Waals surface area contributed by atoms with Gasteiger partial charge in [-0.3, -0.25) is 0 Å². The third kappa shape index (κ3) is 13.1. The van der Waals surface area contributed by atoms with E-state index >= 15 is 0 Å². The molecule has 0 aliphatic carbocycles. The van der Waals surface area contributed by atoms with E-state index in [-0.39, 0.29) is 0 Å². The van der Waals surface area contributed by atoms with E-state index in [1.807, 2.05) is 0 Å². The molecule has 0 radical (unpaired) electrons. The van der Waals surface area contributed by atoms with Crippen molar-refractivity contribution >= 4 is 21.8 Å². The number of hydrogen-bond acceptors (Lipinski definition) is 0. The SMILES string of the molecule is CC[S+](C)CCCCCCCCCC[S+](C)CC. The molecule has 0 heterocycles. The third-order valence-electron chi connectivity index (χ3n) is 3.72. The molecule has 0 spiro atoms. The molecule has 0 rings (SSSR count). The van der Waals surface area contributed by atoms with Crippen molar-refractivity contribution in [3.8, 4) is 0 Å². The van der Waals surface area contributed by atoms with E-state index in [0.29, 0.717) is 21.8 Å². The summed E-state index contributed by atoms with van der Waals surface area (Å²) in [5.41, 5.74) is 0. The van der Waals surface area contributed by atoms with Gasteiger partial charge in [0.05, 0.1) is 12.5 Å². The summed E-state index contributed by atoms with van der Waals surface area (Å²) < 4.78 is 0. The van der Waals surface area contributed by atoms with Gasteiger partial charge in [-0.25, -0.2) is 0 Å². The minimum atomic E-state index is 0.707. The highest BCUT2D eigenvalue weighted by Gasteiger charge is 2.06. The van der Waals surface area contributed by atoms with Gasteiger partial charge in [-0.05, 0) is 61.3 Å². The summed E-state index contributed by atoms with van der Waals surface area (Å²) >= 11 is 0. The predicted octanol–water partition coefficient (Wildman–Crippen LogP) is 4.64. The Balaban J connectivity index is 3.03. The maximum absolute atomic E-state index is 2.41. The Morgan fingerprint density at radius 1 is 0.500 bits per heavy atom. The zero-order valence-corrected chi connectivity index (χ0v) is 14.9. The van der Waals surface area contributed by atoms with E-state index in [1.54, 1.807) is 0 Å². The standard InChI is InChI=1S/C16H36S2/c1-5-17(3)15-13-11-9-7-8-10-12-14-16-18(4)6-2/h5-16H2,1-4H3/q+2. The molecule has 0 aromatic carbocycles. The third-order valence-corrected chi connectivity index (χ3v) is 7.66. The van der Waals surface area contributed by atoms with Crippen LogP contribution in [0.1, 0.15) is 65.2 Å². The molecule has 0 aliphatic heterocycles. The summed E-state index contributed by atoms with van der Waals surface area (Å²) in [5, 5.41) is 0. The van der Waals surface area contributed by atoms with Gasteiger partial charge < -0.3 is 0 Å². The molecule has 0 nitrogen and oxygen atoms in total. The van der Waals surface area contributed by atoms with Crippen LogP contribution in [0.4, 0.5) is 0 Å². The molecule has 18 heavy (non-hydrogen) atoms. The first-order chi connectivity index (χ1) is 8.70. The normalized spacial score (nSPS) is 14.7. The van der Waals surface area contributed by atoms with Gasteiger partial charge in [0.15, 0.2) is 0 Å². The minimum absolute atomic E-state index is 0.707. The van der Waals surface area contributed by atoms with Crippen LogP contribution in [-0.4, -0.2) is 35.5 Å². The Morgan fingerprint density at radius 2 is 0.778 bits per heavy atom. The van der Waals surface area contributed by atoms with E-state index in [2.05, 4.69) is 26.4 Å². The second-order valence-electron chi connectivity index (χ2n) is 5.38. The molecule has 0 saturated carbocycles. The van der Waals surface area contributed by atoms with Crippen LogP contribution < -0.4 is 0 Å². The van der Waals surface area contributed by atoms with Crippen LogP contribution in [0.15, 0.2) is 0 Å². The number of rotatable bonds is 13. The minimum Gasteiger partial charge on any atom is -0.0533 e. The first-order valence-corrected chi connectivity index (χ1v) is 11.8. The lowest BCUT2D eigenvalue weighted by atomic mass is 10.1. The van der Waals surface area contributed by atoms with Crippen molar-refractivity contribution in [2.24, 2.45) is 0 Å². The zero-order chi connectivity index (χ0) is 13.6. The highest BCUT2D eigenvalue weighted by atomic mass is 32.2. The van der Waals surface area contributed by atoms with Gasteiger partial charge in [0.1, 0.15) is 23.0 Å². The molecule has 0 amide bonds. The van der Waals surface area contributed by atoms with Crippen molar-refractivity contribution in [2.75, 3.05) is 35.5 Å². The van der Waals surface area contributed by atoms with Gasteiger partial charge in [0, 0.05) is 0 Å². The first kappa shape index (κ1) is 18.7. The molecule has 0 bridgehead atoms. The van der Waals surface area contributed by atoms with Crippen molar-refractivity contribution in [1.29, 1.82) is 0 Å². The van der Waals surface area contributed by atoms with Crippen LogP contribution >= 0.6 is 0 Å². The van der Waals surface area contributed by atoms with Crippen molar-refractivity contribution in [3.05, 3.63) is 0 Å². The van der Waals surface area contributed by atoms with Crippen molar-refractivity contribution in [1.82, 2.24) is 0 Å². The fourth-order valence-corrected chi connectivity index (χ4v) is 4.02. The smallest absolute Gasteiger partial charge is 0.0533 e. The molecule has 0 aliphatic rings. The average Bonchev–Trinajstić information content (AvgIpc) is 2.40. The van der Waals surface area contributed by atoms with E-state index in [1.165, 1.54) is 74.4 Å². The largest absolute Gasteiger partial charge is 0.107 e. The molecule has 0 aromatic heterocycles. The summed E-state index contributed by atoms with van der Waals surface area (Å²) in [6.07, 6.45) is 16.7. The van der Waals surface area contributed by atoms with Crippen LogP contribution in [0.2, 0.25) is 0 Å². The number of unbranched alkanes of at least 4 members (excludes halogenated alkanes) is 7. The quantitative estimate of drug-likeness (QED) is 0.342. The summed E-state index contributed by atoms with van der Waals surface area (Å²) in [6.45, 7) is 4.65. The first-order valence-electron chi connectivity index (χ1n) is 7.89. The second-order valence-corrected chi connectivity index (χ2v) is 10.5. The van der Waals surface area contributed by atoms with Gasteiger partial charge in [-0.15, -0.1) is 0 Å². The Hall–Kier alpha value is 0.700.